The van der Waals surface area contributed by atoms with Crippen LogP contribution < -0.4 is 10.6 Å². The van der Waals surface area contributed by atoms with Crippen LogP contribution in [0.4, 0.5) is 5.00 Å². The van der Waals surface area contributed by atoms with E-state index in [2.05, 4.69) is 4.37 Å². The van der Waals surface area contributed by atoms with Gasteiger partial charge in [-0.2, -0.15) is 4.37 Å². The van der Waals surface area contributed by atoms with Crippen molar-refractivity contribution < 1.29 is 19.4 Å². The van der Waals surface area contributed by atoms with Crippen molar-refractivity contribution in [1.29, 1.82) is 0 Å². The van der Waals surface area contributed by atoms with Gasteiger partial charge in [-0.05, 0) is 24.9 Å². The van der Waals surface area contributed by atoms with Gasteiger partial charge in [-0.1, -0.05) is 0 Å². The largest absolute Gasteiger partial charge is 0.478 e. The van der Waals surface area contributed by atoms with Gasteiger partial charge in [0, 0.05) is 13.7 Å². The monoisotopic (exact) mass is 285 g/mol. The van der Waals surface area contributed by atoms with Crippen LogP contribution in [0.3, 0.4) is 0 Å². The molecule has 1 unspecified atom stereocenters. The van der Waals surface area contributed by atoms with E-state index >= 15 is 0 Å². The number of hydrogen-bond donors (Lipinski definition) is 2. The van der Waals surface area contributed by atoms with Crippen molar-refractivity contribution in [3.63, 3.8) is 0 Å². The lowest BCUT2D eigenvalue weighted by Gasteiger charge is -2.26. The average Bonchev–Trinajstić information content (AvgIpc) is 2.94. The fraction of sp³-hybridized carbons (Fsp3) is 0.545. The number of carboxylic acid groups (broad SMARTS) is 1. The van der Waals surface area contributed by atoms with Crippen LogP contribution in [0.2, 0.25) is 0 Å². The van der Waals surface area contributed by atoms with E-state index in [0.29, 0.717) is 23.7 Å². The molecule has 1 aliphatic rings. The van der Waals surface area contributed by atoms with E-state index in [1.54, 1.807) is 6.92 Å². The first-order valence-corrected chi connectivity index (χ1v) is 6.48. The lowest BCUT2D eigenvalue weighted by molar-refractivity contribution is -0.123. The number of rotatable bonds is 3. The third kappa shape index (κ3) is 2.34. The van der Waals surface area contributed by atoms with Crippen LogP contribution in [0.1, 0.15) is 22.5 Å². The van der Waals surface area contributed by atoms with Gasteiger partial charge >= 0.3 is 5.97 Å². The minimum Gasteiger partial charge on any atom is -0.478 e. The van der Waals surface area contributed by atoms with Gasteiger partial charge in [0.2, 0.25) is 5.91 Å². The zero-order chi connectivity index (χ0) is 14.2. The summed E-state index contributed by atoms with van der Waals surface area (Å²) in [6.45, 7) is 2.18. The van der Waals surface area contributed by atoms with Crippen LogP contribution in [0.25, 0.3) is 0 Å². The fourth-order valence-corrected chi connectivity index (χ4v) is 2.85. The van der Waals surface area contributed by atoms with Crippen LogP contribution in [0.5, 0.6) is 0 Å². The molecule has 1 aromatic rings. The molecule has 0 spiro atoms. The Hall–Kier alpha value is -1.51. The molecule has 2 heterocycles. The number of nitrogens with zero attached hydrogens (tertiary/aromatic N) is 2. The summed E-state index contributed by atoms with van der Waals surface area (Å²) in [5, 5.41) is 9.47. The predicted molar refractivity (Wildman–Crippen MR) is 69.6 cm³/mol. The van der Waals surface area contributed by atoms with Crippen molar-refractivity contribution in [2.45, 2.75) is 18.9 Å². The Morgan fingerprint density at radius 2 is 2.26 bits per heavy atom. The lowest BCUT2D eigenvalue weighted by Crippen LogP contribution is -2.55. The molecule has 0 bridgehead atoms. The Balaban J connectivity index is 2.32. The number of carbonyl (C=O) groups is 2. The van der Waals surface area contributed by atoms with Crippen LogP contribution >= 0.6 is 11.5 Å². The molecular formula is C11H15N3O4S. The Morgan fingerprint density at radius 1 is 1.58 bits per heavy atom. The molecule has 3 N–H and O–H groups in total. The van der Waals surface area contributed by atoms with Crippen LogP contribution in [-0.2, 0) is 9.53 Å². The first-order valence-electron chi connectivity index (χ1n) is 5.71. The second-order valence-electron chi connectivity index (χ2n) is 4.58. The molecule has 1 atom stereocenters. The third-order valence-electron chi connectivity index (χ3n) is 3.15. The summed E-state index contributed by atoms with van der Waals surface area (Å²) >= 11 is 0.976. The maximum Gasteiger partial charge on any atom is 0.340 e. The van der Waals surface area contributed by atoms with Gasteiger partial charge in [-0.3, -0.25) is 4.79 Å². The third-order valence-corrected chi connectivity index (χ3v) is 4.16. The van der Waals surface area contributed by atoms with Gasteiger partial charge in [0.1, 0.15) is 16.1 Å². The van der Waals surface area contributed by atoms with Crippen LogP contribution in [0.15, 0.2) is 0 Å². The van der Waals surface area contributed by atoms with Gasteiger partial charge in [-0.25, -0.2) is 4.79 Å². The summed E-state index contributed by atoms with van der Waals surface area (Å²) in [5.74, 6) is -1.45. The quantitative estimate of drug-likeness (QED) is 0.823. The van der Waals surface area contributed by atoms with Gasteiger partial charge in [-0.15, -0.1) is 0 Å². The first kappa shape index (κ1) is 13.9. The van der Waals surface area contributed by atoms with Gasteiger partial charge in [0.25, 0.3) is 0 Å². The molecular weight excluding hydrogens is 270 g/mol. The lowest BCUT2D eigenvalue weighted by atomic mass is 9.98. The van der Waals surface area contributed by atoms with Crippen LogP contribution in [-0.4, -0.2) is 47.2 Å². The van der Waals surface area contributed by atoms with Gasteiger partial charge in [0.05, 0.1) is 12.3 Å². The zero-order valence-corrected chi connectivity index (χ0v) is 11.5. The molecule has 0 aromatic carbocycles. The molecule has 0 saturated carbocycles. The molecule has 0 aliphatic carbocycles. The van der Waals surface area contributed by atoms with E-state index in [-0.39, 0.29) is 18.1 Å². The number of carbonyl (C=O) groups excluding carboxylic acids is 1. The SMILES string of the molecule is Cc1nsc(N(C)C(=O)C2(N)CCOC2)c1C(=O)O. The Morgan fingerprint density at radius 3 is 2.79 bits per heavy atom. The number of nitrogens with two attached hydrogens (primary N) is 1. The number of likely N-dealkylation sites (N-methyl/N-ethyl adjacent to an activating group) is 1. The minimum absolute atomic E-state index is 0.0448. The van der Waals surface area contributed by atoms with E-state index in [9.17, 15) is 9.59 Å². The number of carboxylic acids is 1. The molecule has 1 aromatic heterocycles. The van der Waals surface area contributed by atoms with Crippen LogP contribution in [0, 0.1) is 6.92 Å². The van der Waals surface area contributed by atoms with E-state index < -0.39 is 11.5 Å². The highest BCUT2D eigenvalue weighted by Gasteiger charge is 2.41. The molecule has 0 radical (unpaired) electrons. The minimum atomic E-state index is -1.10. The summed E-state index contributed by atoms with van der Waals surface area (Å²) < 4.78 is 9.13. The average molecular weight is 285 g/mol. The number of aromatic carboxylic acids is 1. The predicted octanol–water partition coefficient (Wildman–Crippen LogP) is 0.230. The summed E-state index contributed by atoms with van der Waals surface area (Å²) in [7, 11) is 1.51. The second-order valence-corrected chi connectivity index (χ2v) is 5.33. The zero-order valence-electron chi connectivity index (χ0n) is 10.7. The fourth-order valence-electron chi connectivity index (χ4n) is 2.01. The topological polar surface area (TPSA) is 106 Å². The normalized spacial score (nSPS) is 22.5. The highest BCUT2D eigenvalue weighted by atomic mass is 32.1. The van der Waals surface area contributed by atoms with E-state index in [4.69, 9.17) is 15.6 Å². The maximum atomic E-state index is 12.4. The maximum absolute atomic E-state index is 12.4. The summed E-state index contributed by atoms with van der Waals surface area (Å²) in [5.41, 5.74) is 5.35. The highest BCUT2D eigenvalue weighted by Crippen LogP contribution is 2.30. The summed E-state index contributed by atoms with van der Waals surface area (Å²) in [6.07, 6.45) is 0.427. The number of aromatic nitrogens is 1. The number of ether oxygens (including phenoxy) is 1. The standard InChI is InChI=1S/C11H15N3O4S/c1-6-7(9(15)16)8(19-13-6)14(2)10(17)11(12)3-4-18-5-11/h3-5,12H2,1-2H3,(H,15,16). The molecule has 1 fully saturated rings. The molecule has 1 amide bonds. The van der Waals surface area contributed by atoms with Crippen molar-refractivity contribution in [2.75, 3.05) is 25.2 Å². The smallest absolute Gasteiger partial charge is 0.340 e. The van der Waals surface area contributed by atoms with E-state index in [0.717, 1.165) is 11.5 Å². The highest BCUT2D eigenvalue weighted by molar-refractivity contribution is 7.11. The molecule has 2 rings (SSSR count). The Labute approximate surface area is 114 Å². The summed E-state index contributed by atoms with van der Waals surface area (Å²) in [6, 6.07) is 0. The molecule has 1 aliphatic heterocycles. The van der Waals surface area contributed by atoms with Crippen molar-refractivity contribution in [3.8, 4) is 0 Å². The second kappa shape index (κ2) is 4.87. The molecule has 7 nitrogen and oxygen atoms in total. The van der Waals surface area contributed by atoms with E-state index in [1.165, 1.54) is 11.9 Å². The van der Waals surface area contributed by atoms with Gasteiger partial charge in [0.15, 0.2) is 0 Å². The van der Waals surface area contributed by atoms with Gasteiger partial charge < -0.3 is 20.5 Å². The number of anilines is 1. The van der Waals surface area contributed by atoms with E-state index in [1.807, 2.05) is 0 Å². The number of hydrogen-bond acceptors (Lipinski definition) is 6. The Kier molecular flexibility index (Phi) is 3.57. The Bertz CT molecular complexity index is 522. The van der Waals surface area contributed by atoms with Crippen molar-refractivity contribution in [2.24, 2.45) is 5.73 Å². The molecule has 19 heavy (non-hydrogen) atoms. The molecule has 8 heteroatoms. The van der Waals surface area contributed by atoms with Crippen molar-refractivity contribution in [3.05, 3.63) is 11.3 Å². The number of aryl methyl sites for hydroxylation is 1. The summed E-state index contributed by atoms with van der Waals surface area (Å²) in [4.78, 5) is 24.8. The molecule has 104 valence electrons. The van der Waals surface area contributed by atoms with Crippen molar-refractivity contribution >= 4 is 28.4 Å². The molecule has 1 saturated heterocycles. The first-order chi connectivity index (χ1) is 8.87. The number of amides is 1. The van der Waals surface area contributed by atoms with Crippen molar-refractivity contribution in [1.82, 2.24) is 4.37 Å².